The first-order valence-corrected chi connectivity index (χ1v) is 18.1. The van der Waals surface area contributed by atoms with E-state index < -0.39 is 59.5 Å². The Morgan fingerprint density at radius 1 is 1.00 bits per heavy atom. The zero-order chi connectivity index (χ0) is 34.5. The Hall–Kier alpha value is -3.80. The maximum Gasteiger partial charge on any atom is 0.306 e. The van der Waals surface area contributed by atoms with E-state index in [0.29, 0.717) is 23.9 Å². The molecule has 1 spiro atoms. The number of ether oxygens (including phenoxy) is 2. The maximum absolute atomic E-state index is 14.9. The normalized spacial score (nSPS) is 30.1. The van der Waals surface area contributed by atoms with Gasteiger partial charge in [0.25, 0.3) is 0 Å². The molecule has 3 amide bonds. The van der Waals surface area contributed by atoms with Crippen LogP contribution in [0.2, 0.25) is 0 Å². The molecule has 6 rings (SSSR count). The number of esters is 1. The minimum absolute atomic E-state index is 0.0839. The first kappa shape index (κ1) is 35.0. The smallest absolute Gasteiger partial charge is 0.306 e. The topological polar surface area (TPSA) is 125 Å². The van der Waals surface area contributed by atoms with Gasteiger partial charge in [-0.05, 0) is 36.5 Å². The Balaban J connectivity index is 1.44. The summed E-state index contributed by atoms with van der Waals surface area (Å²) < 4.78 is 12.9. The van der Waals surface area contributed by atoms with E-state index in [1.807, 2.05) is 72.8 Å². The van der Waals surface area contributed by atoms with Crippen LogP contribution in [0, 0.1) is 11.8 Å². The largest absolute Gasteiger partial charge is 0.463 e. The molecule has 2 fully saturated rings. The maximum atomic E-state index is 14.9. The van der Waals surface area contributed by atoms with E-state index in [1.165, 1.54) is 4.90 Å². The number of halogens is 1. The van der Waals surface area contributed by atoms with Gasteiger partial charge in [-0.3, -0.25) is 19.2 Å². The Labute approximate surface area is 295 Å². The number of benzene rings is 2. The van der Waals surface area contributed by atoms with Gasteiger partial charge in [0.2, 0.25) is 17.7 Å². The lowest BCUT2D eigenvalue weighted by Crippen LogP contribution is -2.59. The molecule has 0 radical (unpaired) electrons. The number of allylic oxidation sites excluding steroid dienone is 1. The zero-order valence-electron chi connectivity index (χ0n) is 27.7. The van der Waals surface area contributed by atoms with E-state index in [0.717, 1.165) is 30.4 Å². The highest BCUT2D eigenvalue weighted by Crippen LogP contribution is 2.59. The molecular formula is C38H44BrN3O7. The van der Waals surface area contributed by atoms with Crippen molar-refractivity contribution >= 4 is 39.6 Å². The molecule has 2 N–H and O–H groups in total. The number of aliphatic hydroxyl groups excluding tert-OH is 1. The van der Waals surface area contributed by atoms with Gasteiger partial charge in [-0.2, -0.15) is 0 Å². The number of cyclic esters (lactones) is 1. The Morgan fingerprint density at radius 2 is 1.73 bits per heavy atom. The van der Waals surface area contributed by atoms with Crippen molar-refractivity contribution in [2.75, 3.05) is 26.3 Å². The Kier molecular flexibility index (Phi) is 11.0. The van der Waals surface area contributed by atoms with Crippen LogP contribution in [0.15, 0.2) is 83.4 Å². The number of amides is 3. The van der Waals surface area contributed by atoms with Gasteiger partial charge >= 0.3 is 5.97 Å². The molecule has 2 aromatic carbocycles. The number of carbonyl (C=O) groups is 4. The van der Waals surface area contributed by atoms with Gasteiger partial charge in [-0.25, -0.2) is 0 Å². The summed E-state index contributed by atoms with van der Waals surface area (Å²) >= 11 is 3.63. The summed E-state index contributed by atoms with van der Waals surface area (Å²) in [6.45, 7) is 2.36. The average Bonchev–Trinajstić information content (AvgIpc) is 3.71. The van der Waals surface area contributed by atoms with Crippen LogP contribution < -0.4 is 5.32 Å². The number of hydrogen-bond acceptors (Lipinski definition) is 7. The predicted molar refractivity (Wildman–Crippen MR) is 186 cm³/mol. The molecule has 5 bridgehead atoms. The lowest BCUT2D eigenvalue weighted by atomic mass is 9.74. The fourth-order valence-electron chi connectivity index (χ4n) is 7.73. The van der Waals surface area contributed by atoms with Gasteiger partial charge in [0.1, 0.15) is 24.4 Å². The fourth-order valence-corrected chi connectivity index (χ4v) is 8.46. The van der Waals surface area contributed by atoms with Crippen LogP contribution in [-0.4, -0.2) is 88.7 Å². The zero-order valence-corrected chi connectivity index (χ0v) is 29.3. The molecule has 2 aromatic rings. The summed E-state index contributed by atoms with van der Waals surface area (Å²) in [5.41, 5.74) is 0.219. The van der Waals surface area contributed by atoms with Crippen molar-refractivity contribution in [3.05, 3.63) is 94.5 Å². The standard InChI is InChI=1S/C38H44BrN3O7/c1-2-3-12-19-41-20-13-6-11-18-30(44)48-24-29(26-16-9-5-10-17-26)40-35(45)31-32-36(46)42(27(23-43)21-25-14-7-4-8-15-25)34(37(41)47)38(32)22-28(39)33(31)49-38/h4-10,13-17,22,27,29,31-34,43H,2-3,11-12,18-21,23-24H2,1H3,(H,40,45)/b13-6-/t27-,29-,31-,32+,33-,34-,38+/m1/s1. The summed E-state index contributed by atoms with van der Waals surface area (Å²) in [5, 5.41) is 13.9. The predicted octanol–water partition coefficient (Wildman–Crippen LogP) is 4.23. The molecule has 4 aliphatic heterocycles. The third-order valence-corrected chi connectivity index (χ3v) is 10.8. The molecule has 7 atom stereocenters. The van der Waals surface area contributed by atoms with E-state index in [2.05, 4.69) is 28.2 Å². The van der Waals surface area contributed by atoms with Gasteiger partial charge in [0, 0.05) is 24.0 Å². The van der Waals surface area contributed by atoms with Crippen LogP contribution in [-0.2, 0) is 35.1 Å². The van der Waals surface area contributed by atoms with E-state index in [-0.39, 0.29) is 32.1 Å². The van der Waals surface area contributed by atoms with Gasteiger partial charge < -0.3 is 29.7 Å². The molecule has 4 heterocycles. The van der Waals surface area contributed by atoms with E-state index >= 15 is 0 Å². The number of rotatable bonds is 9. The van der Waals surface area contributed by atoms with Crippen molar-refractivity contribution in [2.24, 2.45) is 11.8 Å². The molecule has 10 nitrogen and oxygen atoms in total. The van der Waals surface area contributed by atoms with Crippen molar-refractivity contribution in [1.82, 2.24) is 15.1 Å². The van der Waals surface area contributed by atoms with Gasteiger partial charge in [0.05, 0.1) is 30.5 Å². The number of carbonyl (C=O) groups excluding carboxylic acids is 4. The highest BCUT2D eigenvalue weighted by Gasteiger charge is 2.75. The number of fused-ring (bicyclic) bond motifs is 2. The summed E-state index contributed by atoms with van der Waals surface area (Å²) in [7, 11) is 0. The van der Waals surface area contributed by atoms with Crippen LogP contribution >= 0.6 is 15.9 Å². The van der Waals surface area contributed by atoms with E-state index in [9.17, 15) is 24.3 Å². The number of aliphatic hydroxyl groups is 1. The van der Waals surface area contributed by atoms with Gasteiger partial charge in [0.15, 0.2) is 0 Å². The first-order chi connectivity index (χ1) is 23.8. The molecule has 0 aromatic heterocycles. The summed E-state index contributed by atoms with van der Waals surface area (Å²) in [6, 6.07) is 16.3. The van der Waals surface area contributed by atoms with Crippen LogP contribution in [0.5, 0.6) is 0 Å². The minimum atomic E-state index is -1.43. The second-order valence-corrected chi connectivity index (χ2v) is 14.2. The molecule has 4 aliphatic rings. The molecule has 0 aliphatic carbocycles. The highest BCUT2D eigenvalue weighted by atomic mass is 79.9. The SMILES string of the molecule is CCCCCN1C/C=C\CCC(=O)OC[C@H](c2ccccc2)NC(=O)[C@H]2[C@@H]3O[C@@]4(C=C3Br)[C@@H]2C(=O)N([C@@H](CO)Cc2ccccc2)[C@@H]4C1=O. The monoisotopic (exact) mass is 733 g/mol. The third-order valence-electron chi connectivity index (χ3n) is 10.1. The molecule has 0 unspecified atom stereocenters. The Bertz CT molecular complexity index is 1580. The summed E-state index contributed by atoms with van der Waals surface area (Å²) in [6.07, 6.45) is 8.29. The first-order valence-electron chi connectivity index (χ1n) is 17.3. The quantitative estimate of drug-likeness (QED) is 0.225. The molecule has 260 valence electrons. The van der Waals surface area contributed by atoms with Crippen molar-refractivity contribution in [1.29, 1.82) is 0 Å². The van der Waals surface area contributed by atoms with Crippen LogP contribution in [0.1, 0.15) is 56.2 Å². The average molecular weight is 735 g/mol. The molecular weight excluding hydrogens is 690 g/mol. The molecule has 0 saturated carbocycles. The lowest BCUT2D eigenvalue weighted by molar-refractivity contribution is -0.150. The number of hydrogen-bond donors (Lipinski definition) is 2. The van der Waals surface area contributed by atoms with Gasteiger partial charge in [-0.15, -0.1) is 0 Å². The van der Waals surface area contributed by atoms with Gasteiger partial charge in [-0.1, -0.05) is 109 Å². The van der Waals surface area contributed by atoms with Crippen molar-refractivity contribution in [3.63, 3.8) is 0 Å². The van der Waals surface area contributed by atoms with Crippen LogP contribution in [0.3, 0.4) is 0 Å². The van der Waals surface area contributed by atoms with Crippen LogP contribution in [0.4, 0.5) is 0 Å². The number of likely N-dealkylation sites (tertiary alicyclic amines) is 1. The van der Waals surface area contributed by atoms with Crippen LogP contribution in [0.25, 0.3) is 0 Å². The number of unbranched alkanes of at least 4 members (excludes halogenated alkanes) is 2. The van der Waals surface area contributed by atoms with E-state index in [1.54, 1.807) is 11.0 Å². The molecule has 11 heteroatoms. The summed E-state index contributed by atoms with van der Waals surface area (Å²) in [5.74, 6) is -3.53. The lowest BCUT2D eigenvalue weighted by Gasteiger charge is -2.39. The number of nitrogens with zero attached hydrogens (tertiary/aromatic N) is 2. The van der Waals surface area contributed by atoms with Crippen molar-refractivity contribution < 1.29 is 33.8 Å². The number of nitrogens with one attached hydrogen (secondary N) is 1. The van der Waals surface area contributed by atoms with E-state index in [4.69, 9.17) is 9.47 Å². The van der Waals surface area contributed by atoms with Crippen molar-refractivity contribution in [2.45, 2.75) is 75.3 Å². The fraction of sp³-hybridized carbons (Fsp3) is 0.474. The second-order valence-electron chi connectivity index (χ2n) is 13.3. The molecule has 49 heavy (non-hydrogen) atoms. The summed E-state index contributed by atoms with van der Waals surface area (Å²) in [4.78, 5) is 60.1. The minimum Gasteiger partial charge on any atom is -0.463 e. The highest BCUT2D eigenvalue weighted by molar-refractivity contribution is 9.11. The Morgan fingerprint density at radius 3 is 2.45 bits per heavy atom. The second kappa shape index (κ2) is 15.4. The van der Waals surface area contributed by atoms with Crippen molar-refractivity contribution in [3.8, 4) is 0 Å². The third kappa shape index (κ3) is 6.98. The molecule has 2 saturated heterocycles.